The Hall–Kier alpha value is -1.35. The Morgan fingerprint density at radius 1 is 1.14 bits per heavy atom. The van der Waals surface area contributed by atoms with Crippen LogP contribution in [0.25, 0.3) is 10.9 Å². The molecule has 3 nitrogen and oxygen atoms in total. The van der Waals surface area contributed by atoms with E-state index in [9.17, 15) is 5.11 Å². The quantitative estimate of drug-likeness (QED) is 0.931. The molecule has 0 spiro atoms. The fourth-order valence-electron chi connectivity index (χ4n) is 3.68. The van der Waals surface area contributed by atoms with Crippen LogP contribution in [0.15, 0.2) is 24.3 Å². The third kappa shape index (κ3) is 3.29. The minimum absolute atomic E-state index is 0.249. The van der Waals surface area contributed by atoms with Crippen LogP contribution in [0.5, 0.6) is 0 Å². The molecule has 0 amide bonds. The molecule has 2 aromatic rings. The zero-order valence-corrected chi connectivity index (χ0v) is 13.0. The van der Waals surface area contributed by atoms with E-state index in [-0.39, 0.29) is 6.10 Å². The van der Waals surface area contributed by atoms with E-state index < -0.39 is 0 Å². The second kappa shape index (κ2) is 6.61. The van der Waals surface area contributed by atoms with Gasteiger partial charge in [-0.15, -0.1) is 0 Å². The van der Waals surface area contributed by atoms with Gasteiger partial charge in [0.2, 0.25) is 0 Å². The molecule has 1 aliphatic rings. The van der Waals surface area contributed by atoms with Crippen molar-refractivity contribution in [1.29, 1.82) is 0 Å². The lowest BCUT2D eigenvalue weighted by Gasteiger charge is -2.24. The normalized spacial score (nSPS) is 19.3. The average molecular weight is 286 g/mol. The van der Waals surface area contributed by atoms with E-state index in [1.807, 2.05) is 17.8 Å². The highest BCUT2D eigenvalue weighted by molar-refractivity contribution is 5.81. The molecule has 1 aromatic heterocycles. The molecular formula is C18H26N2O. The highest BCUT2D eigenvalue weighted by Gasteiger charge is 2.22. The summed E-state index contributed by atoms with van der Waals surface area (Å²) in [5, 5.41) is 16.5. The van der Waals surface area contributed by atoms with Gasteiger partial charge in [0.05, 0.1) is 17.3 Å². The summed E-state index contributed by atoms with van der Waals surface area (Å²) in [7, 11) is 1.98. The maximum atomic E-state index is 10.7. The van der Waals surface area contributed by atoms with E-state index in [0.717, 1.165) is 11.2 Å². The predicted octanol–water partition coefficient (Wildman–Crippen LogP) is 3.84. The van der Waals surface area contributed by atoms with E-state index in [1.165, 1.54) is 50.3 Å². The number of aliphatic hydroxyl groups is 1. The third-order valence-electron chi connectivity index (χ3n) is 4.93. The Kier molecular flexibility index (Phi) is 4.59. The van der Waals surface area contributed by atoms with E-state index in [4.69, 9.17) is 0 Å². The molecular weight excluding hydrogens is 260 g/mol. The molecule has 1 aliphatic carbocycles. The molecule has 3 heteroatoms. The van der Waals surface area contributed by atoms with Crippen molar-refractivity contribution in [3.8, 4) is 0 Å². The van der Waals surface area contributed by atoms with Gasteiger partial charge in [0.15, 0.2) is 0 Å². The Morgan fingerprint density at radius 3 is 2.57 bits per heavy atom. The van der Waals surface area contributed by atoms with Crippen LogP contribution in [-0.2, 0) is 13.5 Å². The van der Waals surface area contributed by atoms with Crippen LogP contribution in [0.4, 0.5) is 0 Å². The average Bonchev–Trinajstić information content (AvgIpc) is 2.75. The predicted molar refractivity (Wildman–Crippen MR) is 86.2 cm³/mol. The first-order valence-electron chi connectivity index (χ1n) is 8.34. The Morgan fingerprint density at radius 2 is 1.81 bits per heavy atom. The largest absolute Gasteiger partial charge is 0.392 e. The Balaban J connectivity index is 1.74. The molecule has 1 atom stereocenters. The second-order valence-electron chi connectivity index (χ2n) is 6.46. The molecule has 1 saturated carbocycles. The number of aliphatic hydroxyl groups excluding tert-OH is 1. The number of rotatable bonds is 3. The number of benzene rings is 1. The minimum atomic E-state index is -0.249. The van der Waals surface area contributed by atoms with Crippen molar-refractivity contribution >= 4 is 10.9 Å². The van der Waals surface area contributed by atoms with Crippen molar-refractivity contribution in [2.24, 2.45) is 13.0 Å². The summed E-state index contributed by atoms with van der Waals surface area (Å²) in [6.45, 7) is 0. The zero-order valence-electron chi connectivity index (χ0n) is 13.0. The van der Waals surface area contributed by atoms with Crippen molar-refractivity contribution in [2.75, 3.05) is 0 Å². The van der Waals surface area contributed by atoms with E-state index in [1.54, 1.807) is 0 Å². The van der Waals surface area contributed by atoms with Crippen LogP contribution in [0, 0.1) is 5.92 Å². The van der Waals surface area contributed by atoms with Gasteiger partial charge in [0.1, 0.15) is 0 Å². The lowest BCUT2D eigenvalue weighted by atomic mass is 9.85. The van der Waals surface area contributed by atoms with Crippen molar-refractivity contribution in [1.82, 2.24) is 9.78 Å². The highest BCUT2D eigenvalue weighted by Crippen LogP contribution is 2.28. The summed E-state index contributed by atoms with van der Waals surface area (Å²) in [6, 6.07) is 8.30. The topological polar surface area (TPSA) is 38.0 Å². The summed E-state index contributed by atoms with van der Waals surface area (Å²) in [6.07, 6.45) is 9.35. The van der Waals surface area contributed by atoms with Crippen LogP contribution in [-0.4, -0.2) is 21.0 Å². The number of nitrogens with zero attached hydrogens (tertiary/aromatic N) is 2. The van der Waals surface area contributed by atoms with E-state index in [0.29, 0.717) is 12.3 Å². The second-order valence-corrected chi connectivity index (χ2v) is 6.46. The number of aromatic nitrogens is 2. The monoisotopic (exact) mass is 286 g/mol. The molecule has 1 fully saturated rings. The van der Waals surface area contributed by atoms with Gasteiger partial charge in [0, 0.05) is 18.9 Å². The van der Waals surface area contributed by atoms with Crippen molar-refractivity contribution in [3.05, 3.63) is 30.0 Å². The SMILES string of the molecule is Cn1nc(CC(O)C2CCCCCCC2)c2ccccc21. The molecule has 0 bridgehead atoms. The first-order valence-corrected chi connectivity index (χ1v) is 8.34. The third-order valence-corrected chi connectivity index (χ3v) is 4.93. The number of aryl methyl sites for hydroxylation is 1. The molecule has 21 heavy (non-hydrogen) atoms. The summed E-state index contributed by atoms with van der Waals surface area (Å²) in [5.74, 6) is 0.450. The Labute approximate surface area is 127 Å². The molecule has 114 valence electrons. The standard InChI is InChI=1S/C18H26N2O/c1-20-17-12-8-7-11-15(17)16(19-20)13-18(21)14-9-5-3-2-4-6-10-14/h7-8,11-12,14,18,21H,2-6,9-10,13H2,1H3. The zero-order chi connectivity index (χ0) is 14.7. The molecule has 1 unspecified atom stereocenters. The summed E-state index contributed by atoms with van der Waals surface area (Å²) in [5.41, 5.74) is 2.19. The van der Waals surface area contributed by atoms with Crippen LogP contribution in [0.1, 0.15) is 50.6 Å². The van der Waals surface area contributed by atoms with Crippen molar-refractivity contribution in [2.45, 2.75) is 57.5 Å². The molecule has 1 N–H and O–H groups in total. The van der Waals surface area contributed by atoms with Crippen LogP contribution in [0.2, 0.25) is 0 Å². The highest BCUT2D eigenvalue weighted by atomic mass is 16.3. The van der Waals surface area contributed by atoms with Gasteiger partial charge in [-0.2, -0.15) is 5.10 Å². The molecule has 0 aliphatic heterocycles. The van der Waals surface area contributed by atoms with E-state index >= 15 is 0 Å². The first kappa shape index (κ1) is 14.6. The number of hydrogen-bond donors (Lipinski definition) is 1. The maximum absolute atomic E-state index is 10.7. The Bertz CT molecular complexity index is 582. The van der Waals surface area contributed by atoms with Gasteiger partial charge in [-0.1, -0.05) is 50.3 Å². The lowest BCUT2D eigenvalue weighted by molar-refractivity contribution is 0.0906. The lowest BCUT2D eigenvalue weighted by Crippen LogP contribution is -2.24. The van der Waals surface area contributed by atoms with Crippen molar-refractivity contribution < 1.29 is 5.11 Å². The van der Waals surface area contributed by atoms with Crippen molar-refractivity contribution in [3.63, 3.8) is 0 Å². The van der Waals surface area contributed by atoms with Gasteiger partial charge in [0.25, 0.3) is 0 Å². The van der Waals surface area contributed by atoms with Crippen LogP contribution >= 0.6 is 0 Å². The van der Waals surface area contributed by atoms with Gasteiger partial charge >= 0.3 is 0 Å². The molecule has 3 rings (SSSR count). The van der Waals surface area contributed by atoms with Crippen LogP contribution in [0.3, 0.4) is 0 Å². The van der Waals surface area contributed by atoms with Gasteiger partial charge in [-0.3, -0.25) is 4.68 Å². The molecule has 0 saturated heterocycles. The molecule has 1 heterocycles. The number of para-hydroxylation sites is 1. The van der Waals surface area contributed by atoms with Crippen LogP contribution < -0.4 is 0 Å². The molecule has 0 radical (unpaired) electrons. The first-order chi connectivity index (χ1) is 10.3. The number of hydrogen-bond acceptors (Lipinski definition) is 2. The van der Waals surface area contributed by atoms with E-state index in [2.05, 4.69) is 23.3 Å². The summed E-state index contributed by atoms with van der Waals surface area (Å²) < 4.78 is 1.93. The fraction of sp³-hybridized carbons (Fsp3) is 0.611. The summed E-state index contributed by atoms with van der Waals surface area (Å²) in [4.78, 5) is 0. The van der Waals surface area contributed by atoms with Gasteiger partial charge < -0.3 is 5.11 Å². The van der Waals surface area contributed by atoms with Gasteiger partial charge in [-0.05, 0) is 24.8 Å². The fourth-order valence-corrected chi connectivity index (χ4v) is 3.68. The minimum Gasteiger partial charge on any atom is -0.392 e. The summed E-state index contributed by atoms with van der Waals surface area (Å²) >= 11 is 0. The maximum Gasteiger partial charge on any atom is 0.0729 e. The number of fused-ring (bicyclic) bond motifs is 1. The van der Waals surface area contributed by atoms with Gasteiger partial charge in [-0.25, -0.2) is 0 Å². The molecule has 1 aromatic carbocycles. The smallest absolute Gasteiger partial charge is 0.0729 e.